The molecule has 2 aromatic rings. The maximum absolute atomic E-state index is 6.00. The summed E-state index contributed by atoms with van der Waals surface area (Å²) in [6.07, 6.45) is 9.83. The van der Waals surface area contributed by atoms with Crippen molar-refractivity contribution in [2.75, 3.05) is 44.3 Å². The Labute approximate surface area is 148 Å². The summed E-state index contributed by atoms with van der Waals surface area (Å²) in [5, 5.41) is 0. The number of hydrogen-bond donors (Lipinski definition) is 0. The van der Waals surface area contributed by atoms with Crippen LogP contribution in [0.5, 0.6) is 0 Å². The monoisotopic (exact) mass is 339 g/mol. The Kier molecular flexibility index (Phi) is 4.90. The first-order valence-corrected chi connectivity index (χ1v) is 9.04. The Bertz CT molecular complexity index is 668. The van der Waals surface area contributed by atoms with E-state index >= 15 is 0 Å². The third-order valence-electron chi connectivity index (χ3n) is 5.14. The molecule has 4 rings (SSSR count). The average Bonchev–Trinajstić information content (AvgIpc) is 2.86. The topological polar surface area (TPSA) is 54.4 Å². The molecule has 1 spiro atoms. The molecule has 0 amide bonds. The zero-order valence-electron chi connectivity index (χ0n) is 14.5. The Balaban J connectivity index is 1.49. The quantitative estimate of drug-likeness (QED) is 0.852. The van der Waals surface area contributed by atoms with Crippen molar-refractivity contribution in [3.05, 3.63) is 48.5 Å². The number of nitrogens with zero attached hydrogens (tertiary/aromatic N) is 5. The van der Waals surface area contributed by atoms with Crippen LogP contribution >= 0.6 is 0 Å². The highest BCUT2D eigenvalue weighted by Gasteiger charge is 2.39. The van der Waals surface area contributed by atoms with E-state index in [9.17, 15) is 0 Å². The molecule has 0 saturated carbocycles. The fourth-order valence-corrected chi connectivity index (χ4v) is 4.06. The van der Waals surface area contributed by atoms with Gasteiger partial charge in [0.2, 0.25) is 5.95 Å². The lowest BCUT2D eigenvalue weighted by Gasteiger charge is -2.43. The summed E-state index contributed by atoms with van der Waals surface area (Å²) in [5.41, 5.74) is 1.42. The van der Waals surface area contributed by atoms with Crippen LogP contribution in [0.15, 0.2) is 43.0 Å². The van der Waals surface area contributed by atoms with Gasteiger partial charge in [-0.05, 0) is 37.1 Å². The van der Waals surface area contributed by atoms with Crippen molar-refractivity contribution in [2.24, 2.45) is 5.41 Å². The lowest BCUT2D eigenvalue weighted by molar-refractivity contribution is 0.0106. The van der Waals surface area contributed by atoms with Crippen molar-refractivity contribution in [1.29, 1.82) is 0 Å². The molecule has 6 nitrogen and oxygen atoms in total. The largest absolute Gasteiger partial charge is 0.379 e. The summed E-state index contributed by atoms with van der Waals surface area (Å²) in [6.45, 7) is 6.51. The minimum atomic E-state index is 0.149. The van der Waals surface area contributed by atoms with Crippen LogP contribution in [0.1, 0.15) is 18.4 Å². The first kappa shape index (κ1) is 16.4. The number of anilines is 1. The Morgan fingerprint density at radius 2 is 2.00 bits per heavy atom. The van der Waals surface area contributed by atoms with Gasteiger partial charge in [0.05, 0.1) is 13.2 Å². The molecule has 1 atom stereocenters. The Morgan fingerprint density at radius 3 is 2.84 bits per heavy atom. The van der Waals surface area contributed by atoms with Crippen LogP contribution in [0.4, 0.5) is 5.95 Å². The zero-order valence-corrected chi connectivity index (χ0v) is 14.5. The number of aromatic nitrogens is 3. The molecular weight excluding hydrogens is 314 g/mol. The van der Waals surface area contributed by atoms with Crippen LogP contribution in [-0.4, -0.2) is 59.2 Å². The van der Waals surface area contributed by atoms with E-state index in [1.54, 1.807) is 0 Å². The van der Waals surface area contributed by atoms with E-state index in [0.717, 1.165) is 51.9 Å². The number of piperidine rings is 1. The second-order valence-electron chi connectivity index (χ2n) is 7.20. The molecule has 6 heteroatoms. The molecule has 2 aliphatic rings. The molecule has 2 aromatic heterocycles. The number of hydrogen-bond acceptors (Lipinski definition) is 6. The first-order valence-electron chi connectivity index (χ1n) is 9.04. The summed E-state index contributed by atoms with van der Waals surface area (Å²) in [5.74, 6) is 0.816. The molecule has 0 bridgehead atoms. The van der Waals surface area contributed by atoms with Crippen molar-refractivity contribution in [2.45, 2.75) is 19.4 Å². The van der Waals surface area contributed by atoms with Crippen LogP contribution < -0.4 is 4.90 Å². The molecule has 0 unspecified atom stereocenters. The molecule has 132 valence electrons. The number of ether oxygens (including phenoxy) is 1. The standard InChI is InChI=1S/C19H25N5O/c1-4-17(12-20-6-1)13-23-9-2-5-19(14-23)15-24(10-11-25-16-19)18-21-7-3-8-22-18/h1,3-4,6-8,12H,2,5,9-11,13-16H2/t19-/m1/s1. The summed E-state index contributed by atoms with van der Waals surface area (Å²) < 4.78 is 6.00. The Morgan fingerprint density at radius 1 is 1.08 bits per heavy atom. The summed E-state index contributed by atoms with van der Waals surface area (Å²) >= 11 is 0. The second-order valence-corrected chi connectivity index (χ2v) is 7.20. The smallest absolute Gasteiger partial charge is 0.225 e. The summed E-state index contributed by atoms with van der Waals surface area (Å²) in [6, 6.07) is 6.03. The Hall–Kier alpha value is -2.05. The van der Waals surface area contributed by atoms with Gasteiger partial charge in [0.15, 0.2) is 0 Å². The third kappa shape index (κ3) is 3.96. The predicted octanol–water partition coefficient (Wildman–Crippen LogP) is 1.99. The molecule has 0 aromatic carbocycles. The minimum absolute atomic E-state index is 0.149. The lowest BCUT2D eigenvalue weighted by Crippen LogP contribution is -2.50. The first-order chi connectivity index (χ1) is 12.3. The maximum Gasteiger partial charge on any atom is 0.225 e. The van der Waals surface area contributed by atoms with Crippen molar-refractivity contribution < 1.29 is 4.74 Å². The lowest BCUT2D eigenvalue weighted by atomic mass is 9.80. The van der Waals surface area contributed by atoms with Crippen molar-refractivity contribution in [3.63, 3.8) is 0 Å². The van der Waals surface area contributed by atoms with Gasteiger partial charge in [-0.1, -0.05) is 6.07 Å². The van der Waals surface area contributed by atoms with E-state index in [2.05, 4.69) is 30.8 Å². The molecule has 25 heavy (non-hydrogen) atoms. The van der Waals surface area contributed by atoms with E-state index in [0.29, 0.717) is 0 Å². The van der Waals surface area contributed by atoms with Crippen LogP contribution in [0, 0.1) is 5.41 Å². The molecular formula is C19H25N5O. The average molecular weight is 339 g/mol. The van der Waals surface area contributed by atoms with E-state index in [1.807, 2.05) is 36.9 Å². The minimum Gasteiger partial charge on any atom is -0.379 e. The van der Waals surface area contributed by atoms with Gasteiger partial charge in [0, 0.05) is 56.4 Å². The van der Waals surface area contributed by atoms with Gasteiger partial charge in [-0.3, -0.25) is 9.88 Å². The van der Waals surface area contributed by atoms with E-state index < -0.39 is 0 Å². The van der Waals surface area contributed by atoms with Crippen molar-refractivity contribution in [1.82, 2.24) is 19.9 Å². The highest BCUT2D eigenvalue weighted by Crippen LogP contribution is 2.34. The number of likely N-dealkylation sites (tertiary alicyclic amines) is 1. The fourth-order valence-electron chi connectivity index (χ4n) is 4.06. The fraction of sp³-hybridized carbons (Fsp3) is 0.526. The molecule has 4 heterocycles. The van der Waals surface area contributed by atoms with Gasteiger partial charge in [-0.2, -0.15) is 0 Å². The number of pyridine rings is 1. The van der Waals surface area contributed by atoms with Crippen LogP contribution in [0.3, 0.4) is 0 Å². The van der Waals surface area contributed by atoms with Gasteiger partial charge >= 0.3 is 0 Å². The number of rotatable bonds is 3. The predicted molar refractivity (Wildman–Crippen MR) is 96.2 cm³/mol. The van der Waals surface area contributed by atoms with Gasteiger partial charge in [-0.25, -0.2) is 9.97 Å². The second kappa shape index (κ2) is 7.45. The van der Waals surface area contributed by atoms with Gasteiger partial charge in [0.1, 0.15) is 0 Å². The van der Waals surface area contributed by atoms with E-state index in [-0.39, 0.29) is 5.41 Å². The van der Waals surface area contributed by atoms with Crippen LogP contribution in [0.25, 0.3) is 0 Å². The molecule has 0 radical (unpaired) electrons. The van der Waals surface area contributed by atoms with Crippen molar-refractivity contribution >= 4 is 5.95 Å². The maximum atomic E-state index is 6.00. The zero-order chi connectivity index (χ0) is 17.0. The van der Waals surface area contributed by atoms with Crippen molar-refractivity contribution in [3.8, 4) is 0 Å². The highest BCUT2D eigenvalue weighted by molar-refractivity contribution is 5.29. The van der Waals surface area contributed by atoms with Gasteiger partial charge < -0.3 is 9.64 Å². The van der Waals surface area contributed by atoms with Crippen LogP contribution in [-0.2, 0) is 11.3 Å². The van der Waals surface area contributed by atoms with E-state index in [4.69, 9.17) is 4.74 Å². The van der Waals surface area contributed by atoms with Gasteiger partial charge in [0.25, 0.3) is 0 Å². The highest BCUT2D eigenvalue weighted by atomic mass is 16.5. The van der Waals surface area contributed by atoms with E-state index in [1.165, 1.54) is 18.4 Å². The molecule has 2 saturated heterocycles. The summed E-state index contributed by atoms with van der Waals surface area (Å²) in [7, 11) is 0. The molecule has 2 aliphatic heterocycles. The molecule has 0 aliphatic carbocycles. The van der Waals surface area contributed by atoms with Gasteiger partial charge in [-0.15, -0.1) is 0 Å². The third-order valence-corrected chi connectivity index (χ3v) is 5.14. The molecule has 2 fully saturated rings. The van der Waals surface area contributed by atoms with Crippen LogP contribution in [0.2, 0.25) is 0 Å². The summed E-state index contributed by atoms with van der Waals surface area (Å²) in [4.78, 5) is 18.0. The normalized spacial score (nSPS) is 25.0. The SMILES string of the molecule is c1cnc(N2CCOC[C@@]3(CCCN(Cc4cccnc4)C3)C2)nc1. The molecule has 0 N–H and O–H groups in total.